The second-order valence-electron chi connectivity index (χ2n) is 2.69. The van der Waals surface area contributed by atoms with Crippen LogP contribution in [0.5, 0.6) is 5.75 Å². The number of ether oxygens (including phenoxy) is 1. The molecule has 1 aromatic carbocycles. The molecule has 0 N–H and O–H groups in total. The molecule has 0 radical (unpaired) electrons. The fourth-order valence-electron chi connectivity index (χ4n) is 1.08. The van der Waals surface area contributed by atoms with E-state index in [0.29, 0.717) is 11.8 Å². The highest BCUT2D eigenvalue weighted by molar-refractivity contribution is 5.57. The Kier molecular flexibility index (Phi) is 3.75. The summed E-state index contributed by atoms with van der Waals surface area (Å²) in [6.45, 7) is -2.98. The van der Waals surface area contributed by atoms with Gasteiger partial charge in [-0.1, -0.05) is 6.07 Å². The van der Waals surface area contributed by atoms with Gasteiger partial charge in [0.1, 0.15) is 18.1 Å². The molecule has 0 spiro atoms. The lowest BCUT2D eigenvalue weighted by Crippen LogP contribution is -2.04. The van der Waals surface area contributed by atoms with Gasteiger partial charge in [-0.3, -0.25) is 0 Å². The van der Waals surface area contributed by atoms with E-state index < -0.39 is 6.61 Å². The summed E-state index contributed by atoms with van der Waals surface area (Å²) in [5.74, 6) is -0.202. The lowest BCUT2D eigenvalue weighted by molar-refractivity contribution is -0.107. The maximum atomic E-state index is 12.0. The van der Waals surface area contributed by atoms with Gasteiger partial charge in [0.2, 0.25) is 0 Å². The third kappa shape index (κ3) is 3.02. The molecule has 1 rings (SSSR count). The molecular weight excluding hydrogens is 204 g/mol. The predicted molar refractivity (Wildman–Crippen MR) is 47.6 cm³/mol. The van der Waals surface area contributed by atoms with E-state index in [2.05, 4.69) is 4.74 Å². The van der Waals surface area contributed by atoms with E-state index in [1.807, 2.05) is 0 Å². The van der Waals surface area contributed by atoms with Crippen LogP contribution in [0.15, 0.2) is 18.2 Å². The van der Waals surface area contributed by atoms with E-state index in [1.165, 1.54) is 18.2 Å². The number of carbonyl (C=O) groups excluding carboxylic acids is 1. The zero-order valence-electron chi connectivity index (χ0n) is 7.61. The van der Waals surface area contributed by atoms with Gasteiger partial charge in [-0.2, -0.15) is 14.0 Å². The number of carbonyl (C=O) groups is 1. The van der Waals surface area contributed by atoms with Crippen molar-refractivity contribution < 1.29 is 18.3 Å². The average molecular weight is 211 g/mol. The van der Waals surface area contributed by atoms with E-state index in [1.54, 1.807) is 6.07 Å². The van der Waals surface area contributed by atoms with Crippen LogP contribution in [0.2, 0.25) is 0 Å². The number of halogens is 2. The normalized spacial score (nSPS) is 9.73. The van der Waals surface area contributed by atoms with Gasteiger partial charge in [-0.15, -0.1) is 0 Å². The Morgan fingerprint density at radius 3 is 2.80 bits per heavy atom. The highest BCUT2D eigenvalue weighted by Gasteiger charge is 2.10. The fraction of sp³-hybridized carbons (Fsp3) is 0.200. The van der Waals surface area contributed by atoms with Crippen molar-refractivity contribution in [3.05, 3.63) is 29.3 Å². The molecule has 0 unspecified atom stereocenters. The van der Waals surface area contributed by atoms with Gasteiger partial charge in [0.15, 0.2) is 0 Å². The first-order chi connectivity index (χ1) is 7.17. The van der Waals surface area contributed by atoms with Crippen LogP contribution in [0, 0.1) is 11.3 Å². The summed E-state index contributed by atoms with van der Waals surface area (Å²) in [6.07, 6.45) is 0.749. The minimum Gasteiger partial charge on any atom is -0.433 e. The number of alkyl halides is 2. The molecule has 15 heavy (non-hydrogen) atoms. The Morgan fingerprint density at radius 2 is 2.27 bits per heavy atom. The van der Waals surface area contributed by atoms with Crippen LogP contribution in [0.4, 0.5) is 8.78 Å². The van der Waals surface area contributed by atoms with Crippen molar-refractivity contribution in [2.45, 2.75) is 13.0 Å². The number of benzene rings is 1. The van der Waals surface area contributed by atoms with Crippen LogP contribution in [-0.4, -0.2) is 12.9 Å². The molecule has 3 nitrogen and oxygen atoms in total. The Hall–Kier alpha value is -1.96. The third-order valence-electron chi connectivity index (χ3n) is 1.70. The van der Waals surface area contributed by atoms with E-state index in [4.69, 9.17) is 5.26 Å². The minimum atomic E-state index is -2.98. The zero-order chi connectivity index (χ0) is 11.3. The first-order valence-corrected chi connectivity index (χ1v) is 4.09. The Labute approximate surface area is 84.9 Å². The number of rotatable bonds is 4. The quantitative estimate of drug-likeness (QED) is 0.714. The fourth-order valence-corrected chi connectivity index (χ4v) is 1.08. The molecule has 0 aliphatic rings. The van der Waals surface area contributed by atoms with Gasteiger partial charge in [-0.05, 0) is 17.7 Å². The average Bonchev–Trinajstić information content (AvgIpc) is 2.18. The molecule has 0 bridgehead atoms. The van der Waals surface area contributed by atoms with Crippen LogP contribution in [0.25, 0.3) is 0 Å². The number of nitriles is 1. The molecule has 0 saturated heterocycles. The number of aldehydes is 1. The molecule has 0 aliphatic carbocycles. The number of hydrogen-bond donors (Lipinski definition) is 0. The van der Waals surface area contributed by atoms with Crippen molar-refractivity contribution in [2.75, 3.05) is 0 Å². The van der Waals surface area contributed by atoms with E-state index >= 15 is 0 Å². The minimum absolute atomic E-state index is 0.0185. The molecule has 1 aromatic rings. The molecule has 78 valence electrons. The van der Waals surface area contributed by atoms with Gasteiger partial charge in [0.05, 0.1) is 5.56 Å². The summed E-state index contributed by atoms with van der Waals surface area (Å²) in [7, 11) is 0. The monoisotopic (exact) mass is 211 g/mol. The van der Waals surface area contributed by atoms with Crippen LogP contribution in [-0.2, 0) is 11.2 Å². The first-order valence-electron chi connectivity index (χ1n) is 4.09. The Morgan fingerprint density at radius 1 is 1.53 bits per heavy atom. The third-order valence-corrected chi connectivity index (χ3v) is 1.70. The maximum absolute atomic E-state index is 12.0. The summed E-state index contributed by atoms with van der Waals surface area (Å²) in [5, 5.41) is 8.61. The molecule has 0 saturated carbocycles. The van der Waals surface area contributed by atoms with Crippen LogP contribution >= 0.6 is 0 Å². The van der Waals surface area contributed by atoms with Crippen molar-refractivity contribution >= 4 is 6.29 Å². The van der Waals surface area contributed by atoms with Gasteiger partial charge in [-0.25, -0.2) is 0 Å². The van der Waals surface area contributed by atoms with Crippen LogP contribution in [0.1, 0.15) is 11.1 Å². The summed E-state index contributed by atoms with van der Waals surface area (Å²) < 4.78 is 28.1. The van der Waals surface area contributed by atoms with E-state index in [-0.39, 0.29) is 17.7 Å². The molecule has 0 heterocycles. The first kappa shape index (κ1) is 11.1. The molecule has 0 atom stereocenters. The Bertz CT molecular complexity index is 399. The van der Waals surface area contributed by atoms with Crippen molar-refractivity contribution in [1.29, 1.82) is 5.26 Å². The second-order valence-corrected chi connectivity index (χ2v) is 2.69. The SMILES string of the molecule is N#Cc1ccc(CC=O)cc1OC(F)F. The largest absolute Gasteiger partial charge is 0.433 e. The maximum Gasteiger partial charge on any atom is 0.387 e. The van der Waals surface area contributed by atoms with E-state index in [9.17, 15) is 13.6 Å². The molecule has 0 aliphatic heterocycles. The summed E-state index contributed by atoms with van der Waals surface area (Å²) >= 11 is 0. The van der Waals surface area contributed by atoms with Gasteiger partial charge in [0, 0.05) is 6.42 Å². The van der Waals surface area contributed by atoms with E-state index in [0.717, 1.165) is 0 Å². The van der Waals surface area contributed by atoms with Crippen LogP contribution < -0.4 is 4.74 Å². The molecular formula is C10H7F2NO2. The highest BCUT2D eigenvalue weighted by Crippen LogP contribution is 2.21. The number of hydrogen-bond acceptors (Lipinski definition) is 3. The van der Waals surface area contributed by atoms with Crippen molar-refractivity contribution in [1.82, 2.24) is 0 Å². The summed E-state index contributed by atoms with van der Waals surface area (Å²) in [5.41, 5.74) is 0.546. The zero-order valence-corrected chi connectivity index (χ0v) is 7.61. The van der Waals surface area contributed by atoms with Crippen LogP contribution in [0.3, 0.4) is 0 Å². The lowest BCUT2D eigenvalue weighted by Gasteiger charge is -2.07. The summed E-state index contributed by atoms with van der Waals surface area (Å²) in [4.78, 5) is 10.2. The lowest BCUT2D eigenvalue weighted by atomic mass is 10.1. The highest BCUT2D eigenvalue weighted by atomic mass is 19.3. The van der Waals surface area contributed by atoms with Gasteiger partial charge >= 0.3 is 6.61 Å². The summed E-state index contributed by atoms with van der Waals surface area (Å²) in [6, 6.07) is 5.85. The van der Waals surface area contributed by atoms with Gasteiger partial charge < -0.3 is 9.53 Å². The molecule has 0 amide bonds. The Balaban J connectivity index is 3.02. The van der Waals surface area contributed by atoms with Gasteiger partial charge in [0.25, 0.3) is 0 Å². The second kappa shape index (κ2) is 5.05. The topological polar surface area (TPSA) is 50.1 Å². The van der Waals surface area contributed by atoms with Crippen molar-refractivity contribution in [3.8, 4) is 11.8 Å². The molecule has 0 aromatic heterocycles. The molecule has 0 fully saturated rings. The number of nitrogens with zero attached hydrogens (tertiary/aromatic N) is 1. The smallest absolute Gasteiger partial charge is 0.387 e. The molecule has 5 heteroatoms. The van der Waals surface area contributed by atoms with Crippen molar-refractivity contribution in [3.63, 3.8) is 0 Å². The van der Waals surface area contributed by atoms with Crippen molar-refractivity contribution in [2.24, 2.45) is 0 Å². The standard InChI is InChI=1S/C10H7F2NO2/c11-10(12)15-9-5-7(3-4-14)1-2-8(9)6-13/h1-2,4-5,10H,3H2. The predicted octanol–water partition coefficient (Wildman–Crippen LogP) is 1.90.